The normalized spacial score (nSPS) is 10.9. The van der Waals surface area contributed by atoms with Gasteiger partial charge < -0.3 is 9.72 Å². The van der Waals surface area contributed by atoms with Crippen LogP contribution in [-0.4, -0.2) is 22.1 Å². The van der Waals surface area contributed by atoms with E-state index in [-0.39, 0.29) is 0 Å². The second-order valence-corrected chi connectivity index (χ2v) is 4.68. The van der Waals surface area contributed by atoms with Crippen LogP contribution in [0.3, 0.4) is 0 Å². The van der Waals surface area contributed by atoms with E-state index in [0.29, 0.717) is 10.8 Å². The molecule has 96 valence electrons. The molecule has 0 amide bonds. The summed E-state index contributed by atoms with van der Waals surface area (Å²) in [6.45, 7) is 1.90. The highest BCUT2D eigenvalue weighted by molar-refractivity contribution is 6.33. The lowest BCUT2D eigenvalue weighted by Crippen LogP contribution is -1.86. The summed E-state index contributed by atoms with van der Waals surface area (Å²) in [5.74, 6) is 1.50. The SMILES string of the molecule is COc1ccc2nc(-c3cnc(C)cc3Cl)[nH]c2c1. The molecule has 3 aromatic rings. The Labute approximate surface area is 115 Å². The molecule has 19 heavy (non-hydrogen) atoms. The van der Waals surface area contributed by atoms with Crippen molar-refractivity contribution in [3.63, 3.8) is 0 Å². The van der Waals surface area contributed by atoms with E-state index in [1.807, 2.05) is 31.2 Å². The zero-order chi connectivity index (χ0) is 13.4. The molecule has 0 radical (unpaired) electrons. The summed E-state index contributed by atoms with van der Waals surface area (Å²) in [7, 11) is 1.64. The molecule has 2 heterocycles. The molecule has 0 saturated carbocycles. The van der Waals surface area contributed by atoms with Gasteiger partial charge in [0.05, 0.1) is 28.7 Å². The number of H-pyrrole nitrogens is 1. The van der Waals surface area contributed by atoms with E-state index in [2.05, 4.69) is 15.0 Å². The number of aryl methyl sites for hydroxylation is 1. The number of rotatable bonds is 2. The average molecular weight is 274 g/mol. The van der Waals surface area contributed by atoms with E-state index in [1.54, 1.807) is 13.3 Å². The molecule has 3 rings (SSSR count). The molecule has 0 aliphatic heterocycles. The maximum atomic E-state index is 6.23. The fourth-order valence-electron chi connectivity index (χ4n) is 1.94. The summed E-state index contributed by atoms with van der Waals surface area (Å²) in [6.07, 6.45) is 1.73. The second kappa shape index (κ2) is 4.55. The molecule has 0 fully saturated rings. The van der Waals surface area contributed by atoms with Crippen LogP contribution in [0.15, 0.2) is 30.5 Å². The highest BCUT2D eigenvalue weighted by atomic mass is 35.5. The molecular formula is C14H12ClN3O. The van der Waals surface area contributed by atoms with Crippen LogP contribution in [0.4, 0.5) is 0 Å². The van der Waals surface area contributed by atoms with Crippen LogP contribution in [0.2, 0.25) is 5.02 Å². The number of aromatic amines is 1. The van der Waals surface area contributed by atoms with Crippen LogP contribution in [0.5, 0.6) is 5.75 Å². The highest BCUT2D eigenvalue weighted by Gasteiger charge is 2.10. The number of aromatic nitrogens is 3. The first kappa shape index (κ1) is 12.0. The number of imidazole rings is 1. The lowest BCUT2D eigenvalue weighted by atomic mass is 10.2. The van der Waals surface area contributed by atoms with E-state index in [4.69, 9.17) is 16.3 Å². The molecule has 0 unspecified atom stereocenters. The maximum absolute atomic E-state index is 6.23. The van der Waals surface area contributed by atoms with Crippen LogP contribution >= 0.6 is 11.6 Å². The number of ether oxygens (including phenoxy) is 1. The third kappa shape index (κ3) is 2.15. The standard InChI is InChI=1S/C14H12ClN3O/c1-8-5-11(15)10(7-16-8)14-17-12-4-3-9(19-2)6-13(12)18-14/h3-7H,1-2H3,(H,17,18). The number of nitrogens with one attached hydrogen (secondary N) is 1. The largest absolute Gasteiger partial charge is 0.497 e. The fourth-order valence-corrected chi connectivity index (χ4v) is 2.24. The van der Waals surface area contributed by atoms with Crippen molar-refractivity contribution in [3.8, 4) is 17.1 Å². The predicted octanol–water partition coefficient (Wildman–Crippen LogP) is 3.60. The van der Waals surface area contributed by atoms with E-state index in [9.17, 15) is 0 Å². The smallest absolute Gasteiger partial charge is 0.141 e. The van der Waals surface area contributed by atoms with Gasteiger partial charge in [0.1, 0.15) is 11.6 Å². The van der Waals surface area contributed by atoms with Crippen LogP contribution < -0.4 is 4.74 Å². The zero-order valence-corrected chi connectivity index (χ0v) is 11.3. The van der Waals surface area contributed by atoms with Crippen molar-refractivity contribution < 1.29 is 4.74 Å². The average Bonchev–Trinajstić information content (AvgIpc) is 2.80. The van der Waals surface area contributed by atoms with Gasteiger partial charge in [-0.05, 0) is 25.1 Å². The van der Waals surface area contributed by atoms with E-state index >= 15 is 0 Å². The monoisotopic (exact) mass is 273 g/mol. The highest BCUT2D eigenvalue weighted by Crippen LogP contribution is 2.28. The molecule has 0 spiro atoms. The Morgan fingerprint density at radius 1 is 1.26 bits per heavy atom. The number of methoxy groups -OCH3 is 1. The molecule has 0 aliphatic carbocycles. The van der Waals surface area contributed by atoms with Crippen molar-refractivity contribution in [1.29, 1.82) is 0 Å². The zero-order valence-electron chi connectivity index (χ0n) is 10.6. The van der Waals surface area contributed by atoms with Crippen LogP contribution in [0.1, 0.15) is 5.69 Å². The van der Waals surface area contributed by atoms with Crippen molar-refractivity contribution in [3.05, 3.63) is 41.2 Å². The number of pyridine rings is 1. The van der Waals surface area contributed by atoms with Gasteiger partial charge in [-0.1, -0.05) is 11.6 Å². The van der Waals surface area contributed by atoms with Gasteiger partial charge in [-0.25, -0.2) is 4.98 Å². The van der Waals surface area contributed by atoms with Gasteiger partial charge in [0, 0.05) is 18.0 Å². The van der Waals surface area contributed by atoms with Crippen molar-refractivity contribution in [2.75, 3.05) is 7.11 Å². The van der Waals surface area contributed by atoms with Gasteiger partial charge in [-0.3, -0.25) is 4.98 Å². The Morgan fingerprint density at radius 2 is 2.11 bits per heavy atom. The van der Waals surface area contributed by atoms with Crippen molar-refractivity contribution >= 4 is 22.6 Å². The number of hydrogen-bond donors (Lipinski definition) is 1. The number of fused-ring (bicyclic) bond motifs is 1. The lowest BCUT2D eigenvalue weighted by Gasteiger charge is -2.00. The fraction of sp³-hybridized carbons (Fsp3) is 0.143. The summed E-state index contributed by atoms with van der Waals surface area (Å²) in [5, 5.41) is 0.638. The van der Waals surface area contributed by atoms with E-state index < -0.39 is 0 Å². The number of hydrogen-bond acceptors (Lipinski definition) is 3. The van der Waals surface area contributed by atoms with Gasteiger partial charge >= 0.3 is 0 Å². The van der Waals surface area contributed by atoms with Gasteiger partial charge in [-0.15, -0.1) is 0 Å². The topological polar surface area (TPSA) is 50.8 Å². The molecule has 1 N–H and O–H groups in total. The molecule has 0 bridgehead atoms. The summed E-state index contributed by atoms with van der Waals surface area (Å²) >= 11 is 6.23. The van der Waals surface area contributed by atoms with E-state index in [0.717, 1.165) is 28.0 Å². The molecular weight excluding hydrogens is 262 g/mol. The Kier molecular flexibility index (Phi) is 2.87. The molecule has 0 saturated heterocycles. The lowest BCUT2D eigenvalue weighted by molar-refractivity contribution is 0.415. The molecule has 4 nitrogen and oxygen atoms in total. The molecule has 5 heteroatoms. The molecule has 1 aromatic carbocycles. The number of benzene rings is 1. The Bertz CT molecular complexity index is 752. The van der Waals surface area contributed by atoms with Gasteiger partial charge in [-0.2, -0.15) is 0 Å². The third-order valence-corrected chi connectivity index (χ3v) is 3.25. The van der Waals surface area contributed by atoms with Gasteiger partial charge in [0.15, 0.2) is 0 Å². The maximum Gasteiger partial charge on any atom is 0.141 e. The molecule has 2 aromatic heterocycles. The first-order valence-corrected chi connectivity index (χ1v) is 6.21. The summed E-state index contributed by atoms with van der Waals surface area (Å²) in [4.78, 5) is 12.0. The van der Waals surface area contributed by atoms with Crippen molar-refractivity contribution in [2.24, 2.45) is 0 Å². The first-order valence-electron chi connectivity index (χ1n) is 5.83. The number of halogens is 1. The Balaban J connectivity index is 2.14. The molecule has 0 aliphatic rings. The summed E-state index contributed by atoms with van der Waals surface area (Å²) in [6, 6.07) is 7.51. The quantitative estimate of drug-likeness (QED) is 0.776. The van der Waals surface area contributed by atoms with Gasteiger partial charge in [0.25, 0.3) is 0 Å². The van der Waals surface area contributed by atoms with Crippen LogP contribution in [-0.2, 0) is 0 Å². The number of nitrogens with zero attached hydrogens (tertiary/aromatic N) is 2. The summed E-state index contributed by atoms with van der Waals surface area (Å²) < 4.78 is 5.19. The minimum absolute atomic E-state index is 0.638. The van der Waals surface area contributed by atoms with E-state index in [1.165, 1.54) is 0 Å². The first-order chi connectivity index (χ1) is 9.17. The molecule has 0 atom stereocenters. The third-order valence-electron chi connectivity index (χ3n) is 2.93. The van der Waals surface area contributed by atoms with Crippen LogP contribution in [0, 0.1) is 6.92 Å². The predicted molar refractivity (Wildman–Crippen MR) is 75.6 cm³/mol. The minimum Gasteiger partial charge on any atom is -0.497 e. The Morgan fingerprint density at radius 3 is 2.84 bits per heavy atom. The summed E-state index contributed by atoms with van der Waals surface area (Å²) in [5.41, 5.74) is 3.45. The minimum atomic E-state index is 0.638. The van der Waals surface area contributed by atoms with Crippen molar-refractivity contribution in [1.82, 2.24) is 15.0 Å². The van der Waals surface area contributed by atoms with Crippen molar-refractivity contribution in [2.45, 2.75) is 6.92 Å². The van der Waals surface area contributed by atoms with Gasteiger partial charge in [0.2, 0.25) is 0 Å². The second-order valence-electron chi connectivity index (χ2n) is 4.27. The van der Waals surface area contributed by atoms with Crippen LogP contribution in [0.25, 0.3) is 22.4 Å². The Hall–Kier alpha value is -2.07.